The van der Waals surface area contributed by atoms with Crippen LogP contribution < -0.4 is 19.6 Å². The minimum atomic E-state index is -0.466. The number of ether oxygens (including phenoxy) is 3. The Labute approximate surface area is 220 Å². The van der Waals surface area contributed by atoms with Gasteiger partial charge in [-0.05, 0) is 73.0 Å². The molecule has 0 aliphatic rings. The second-order valence-electron chi connectivity index (χ2n) is 8.06. The summed E-state index contributed by atoms with van der Waals surface area (Å²) in [5.41, 5.74) is 5.66. The average molecular weight is 519 g/mol. The fourth-order valence-corrected chi connectivity index (χ4v) is 3.85. The van der Waals surface area contributed by atoms with Crippen LogP contribution in [0.5, 0.6) is 17.2 Å². The van der Waals surface area contributed by atoms with Gasteiger partial charge in [0, 0.05) is 16.0 Å². The number of amides is 1. The van der Waals surface area contributed by atoms with Gasteiger partial charge in [-0.2, -0.15) is 5.10 Å². The largest absolute Gasteiger partial charge is 0.494 e. The molecule has 0 saturated heterocycles. The molecule has 0 saturated carbocycles. The number of carbonyl (C=O) groups is 1. The van der Waals surface area contributed by atoms with Crippen molar-refractivity contribution in [3.8, 4) is 17.2 Å². The molecule has 0 aliphatic heterocycles. The molecule has 1 heterocycles. The highest BCUT2D eigenvalue weighted by molar-refractivity contribution is 6.30. The Morgan fingerprint density at radius 3 is 2.65 bits per heavy atom. The summed E-state index contributed by atoms with van der Waals surface area (Å²) in [5.74, 6) is 1.56. The predicted molar refractivity (Wildman–Crippen MR) is 145 cm³/mol. The molecule has 4 aromatic rings. The van der Waals surface area contributed by atoms with Crippen LogP contribution in [-0.4, -0.2) is 25.8 Å². The molecular formula is C29H27ClN2O5. The van der Waals surface area contributed by atoms with Gasteiger partial charge in [-0.25, -0.2) is 5.43 Å². The minimum Gasteiger partial charge on any atom is -0.494 e. The van der Waals surface area contributed by atoms with E-state index >= 15 is 0 Å². The number of hydrogen-bond acceptors (Lipinski definition) is 6. The average Bonchev–Trinajstić information content (AvgIpc) is 3.33. The van der Waals surface area contributed by atoms with Crippen molar-refractivity contribution in [2.45, 2.75) is 20.0 Å². The summed E-state index contributed by atoms with van der Waals surface area (Å²) in [5, 5.41) is 5.54. The third-order valence-corrected chi connectivity index (χ3v) is 5.69. The summed E-state index contributed by atoms with van der Waals surface area (Å²) in [4.78, 5) is 12.6. The van der Waals surface area contributed by atoms with E-state index < -0.39 is 5.91 Å². The van der Waals surface area contributed by atoms with E-state index in [1.165, 1.54) is 6.21 Å². The number of furan rings is 1. The summed E-state index contributed by atoms with van der Waals surface area (Å²) in [7, 11) is 1.57. The summed E-state index contributed by atoms with van der Waals surface area (Å²) < 4.78 is 22.8. The zero-order valence-electron chi connectivity index (χ0n) is 20.6. The number of hydrogen-bond donors (Lipinski definition) is 1. The Hall–Kier alpha value is -4.23. The summed E-state index contributed by atoms with van der Waals surface area (Å²) >= 11 is 5.97. The number of fused-ring (bicyclic) bond motifs is 1. The first-order valence-electron chi connectivity index (χ1n) is 11.7. The molecule has 37 heavy (non-hydrogen) atoms. The number of rotatable bonds is 11. The Balaban J connectivity index is 1.48. The highest BCUT2D eigenvalue weighted by Crippen LogP contribution is 2.34. The molecule has 0 radical (unpaired) electrons. The molecule has 0 spiro atoms. The van der Waals surface area contributed by atoms with E-state index in [1.807, 2.05) is 43.3 Å². The number of carbonyl (C=O) groups excluding carboxylic acids is 1. The van der Waals surface area contributed by atoms with Crippen LogP contribution >= 0.6 is 11.6 Å². The first kappa shape index (κ1) is 25.9. The lowest BCUT2D eigenvalue weighted by atomic mass is 10.1. The SMILES string of the molecule is C=CCc1cc(/C=N/NC(=O)c2cc3cc(OCC)ccc3o2)cc(OC)c1OCc1ccc(Cl)cc1. The van der Waals surface area contributed by atoms with E-state index in [1.54, 1.807) is 37.5 Å². The Morgan fingerprint density at radius 1 is 1.11 bits per heavy atom. The van der Waals surface area contributed by atoms with Crippen molar-refractivity contribution in [1.82, 2.24) is 5.43 Å². The Bertz CT molecular complexity index is 1430. The van der Waals surface area contributed by atoms with Gasteiger partial charge in [-0.3, -0.25) is 4.79 Å². The normalized spacial score (nSPS) is 11.0. The topological polar surface area (TPSA) is 82.3 Å². The molecule has 0 aliphatic carbocycles. The Morgan fingerprint density at radius 2 is 1.92 bits per heavy atom. The fourth-order valence-electron chi connectivity index (χ4n) is 3.73. The quantitative estimate of drug-likeness (QED) is 0.138. The van der Waals surface area contributed by atoms with E-state index in [0.717, 1.165) is 22.1 Å². The van der Waals surface area contributed by atoms with Crippen LogP contribution in [0.3, 0.4) is 0 Å². The smallest absolute Gasteiger partial charge is 0.307 e. The van der Waals surface area contributed by atoms with E-state index in [2.05, 4.69) is 17.1 Å². The molecule has 0 atom stereocenters. The van der Waals surface area contributed by atoms with E-state index in [9.17, 15) is 4.79 Å². The third-order valence-electron chi connectivity index (χ3n) is 5.44. The molecule has 1 N–H and O–H groups in total. The number of nitrogens with one attached hydrogen (secondary N) is 1. The highest BCUT2D eigenvalue weighted by atomic mass is 35.5. The predicted octanol–water partition coefficient (Wildman–Crippen LogP) is 6.56. The monoisotopic (exact) mass is 518 g/mol. The number of nitrogens with zero attached hydrogens (tertiary/aromatic N) is 1. The zero-order valence-corrected chi connectivity index (χ0v) is 21.4. The van der Waals surface area contributed by atoms with Crippen molar-refractivity contribution in [3.63, 3.8) is 0 Å². The van der Waals surface area contributed by atoms with Gasteiger partial charge in [0.15, 0.2) is 17.3 Å². The maximum Gasteiger partial charge on any atom is 0.307 e. The number of halogens is 1. The van der Waals surface area contributed by atoms with E-state index in [0.29, 0.717) is 47.5 Å². The molecule has 8 heteroatoms. The highest BCUT2D eigenvalue weighted by Gasteiger charge is 2.14. The summed E-state index contributed by atoms with van der Waals surface area (Å²) in [6.07, 6.45) is 3.88. The van der Waals surface area contributed by atoms with Crippen LogP contribution in [0.25, 0.3) is 11.0 Å². The van der Waals surface area contributed by atoms with Gasteiger partial charge >= 0.3 is 5.91 Å². The second kappa shape index (κ2) is 12.1. The fraction of sp³-hybridized carbons (Fsp3) is 0.172. The molecule has 7 nitrogen and oxygen atoms in total. The molecule has 1 aromatic heterocycles. The van der Waals surface area contributed by atoms with Crippen LogP contribution in [0.4, 0.5) is 0 Å². The van der Waals surface area contributed by atoms with E-state index in [4.69, 9.17) is 30.2 Å². The lowest BCUT2D eigenvalue weighted by molar-refractivity contribution is 0.0929. The van der Waals surface area contributed by atoms with Crippen LogP contribution in [0.1, 0.15) is 34.2 Å². The van der Waals surface area contributed by atoms with Gasteiger partial charge in [0.05, 0.1) is 19.9 Å². The van der Waals surface area contributed by atoms with Crippen molar-refractivity contribution in [2.75, 3.05) is 13.7 Å². The number of methoxy groups -OCH3 is 1. The maximum atomic E-state index is 12.6. The lowest BCUT2D eigenvalue weighted by Gasteiger charge is -2.16. The zero-order chi connectivity index (χ0) is 26.2. The number of benzene rings is 3. The molecule has 1 amide bonds. The van der Waals surface area contributed by atoms with Gasteiger partial charge in [-0.15, -0.1) is 6.58 Å². The van der Waals surface area contributed by atoms with Crippen LogP contribution in [0.2, 0.25) is 5.02 Å². The van der Waals surface area contributed by atoms with Crippen molar-refractivity contribution in [3.05, 3.63) is 101 Å². The standard InChI is InChI=1S/C29H27ClN2O5/c1-4-6-21-13-20(14-26(34-3)28(21)36-18-19-7-9-23(30)10-8-19)17-31-32-29(33)27-16-22-15-24(35-5-2)11-12-25(22)37-27/h4,7-17H,1,5-6,18H2,2-3H3,(H,32,33)/b31-17+. The first-order valence-corrected chi connectivity index (χ1v) is 12.1. The lowest BCUT2D eigenvalue weighted by Crippen LogP contribution is -2.16. The summed E-state index contributed by atoms with van der Waals surface area (Å²) in [6, 6.07) is 18.2. The van der Waals surface area contributed by atoms with Crippen LogP contribution in [0, 0.1) is 0 Å². The van der Waals surface area contributed by atoms with Gasteiger partial charge in [0.1, 0.15) is 17.9 Å². The molecule has 0 unspecified atom stereocenters. The molecule has 3 aromatic carbocycles. The minimum absolute atomic E-state index is 0.150. The molecule has 190 valence electrons. The van der Waals surface area contributed by atoms with Crippen molar-refractivity contribution < 1.29 is 23.4 Å². The van der Waals surface area contributed by atoms with E-state index in [-0.39, 0.29) is 5.76 Å². The van der Waals surface area contributed by atoms with Gasteiger partial charge < -0.3 is 18.6 Å². The van der Waals surface area contributed by atoms with Gasteiger partial charge in [0.25, 0.3) is 0 Å². The van der Waals surface area contributed by atoms with Crippen LogP contribution in [-0.2, 0) is 13.0 Å². The molecule has 0 fully saturated rings. The second-order valence-corrected chi connectivity index (χ2v) is 8.50. The van der Waals surface area contributed by atoms with Crippen LogP contribution in [0.15, 0.2) is 82.8 Å². The Kier molecular flexibility index (Phi) is 8.48. The first-order chi connectivity index (χ1) is 18.0. The molecule has 4 rings (SSSR count). The molecular weight excluding hydrogens is 492 g/mol. The maximum absolute atomic E-state index is 12.6. The van der Waals surface area contributed by atoms with Crippen molar-refractivity contribution in [2.24, 2.45) is 5.10 Å². The van der Waals surface area contributed by atoms with Crippen molar-refractivity contribution >= 4 is 34.7 Å². The molecule has 0 bridgehead atoms. The van der Waals surface area contributed by atoms with Gasteiger partial charge in [-0.1, -0.05) is 29.8 Å². The summed E-state index contributed by atoms with van der Waals surface area (Å²) in [6.45, 7) is 6.66. The van der Waals surface area contributed by atoms with Crippen molar-refractivity contribution in [1.29, 1.82) is 0 Å². The third kappa shape index (κ3) is 6.51. The number of hydrazone groups is 1. The van der Waals surface area contributed by atoms with Gasteiger partial charge in [0.2, 0.25) is 0 Å². The number of allylic oxidation sites excluding steroid dienone is 1.